The highest BCUT2D eigenvalue weighted by Gasteiger charge is 2.08. The van der Waals surface area contributed by atoms with E-state index in [2.05, 4.69) is 0 Å². The summed E-state index contributed by atoms with van der Waals surface area (Å²) in [7, 11) is 1.45. The average molecular weight is 294 g/mol. The number of hydrogen-bond donors (Lipinski definition) is 3. The predicted octanol–water partition coefficient (Wildman–Crippen LogP) is 2.81. The zero-order chi connectivity index (χ0) is 15.7. The first-order chi connectivity index (χ1) is 10.1. The minimum Gasteiger partial charge on any atom is -0.504 e. The normalized spacial score (nSPS) is 11.4. The molecule has 0 aromatic heterocycles. The number of rotatable bonds is 9. The Morgan fingerprint density at radius 3 is 2.57 bits per heavy atom. The largest absolute Gasteiger partial charge is 0.504 e. The van der Waals surface area contributed by atoms with Crippen LogP contribution in [-0.4, -0.2) is 35.0 Å². The fraction of sp³-hybridized carbons (Fsp3) is 0.438. The van der Waals surface area contributed by atoms with Gasteiger partial charge in [-0.25, -0.2) is 4.79 Å². The molecule has 1 rings (SSSR count). The van der Waals surface area contributed by atoms with Crippen molar-refractivity contribution in [3.63, 3.8) is 0 Å². The summed E-state index contributed by atoms with van der Waals surface area (Å²) in [5, 5.41) is 27.4. The maximum absolute atomic E-state index is 11.3. The lowest BCUT2D eigenvalue weighted by molar-refractivity contribution is -0.132. The fourth-order valence-corrected chi connectivity index (χ4v) is 2.01. The van der Waals surface area contributed by atoms with Crippen molar-refractivity contribution in [1.82, 2.24) is 0 Å². The maximum Gasteiger partial charge on any atom is 0.331 e. The smallest absolute Gasteiger partial charge is 0.331 e. The Morgan fingerprint density at radius 2 is 1.95 bits per heavy atom. The molecule has 0 saturated carbocycles. The number of aromatic hydroxyl groups is 1. The van der Waals surface area contributed by atoms with Gasteiger partial charge in [-0.3, -0.25) is 0 Å². The zero-order valence-electron chi connectivity index (χ0n) is 12.2. The molecule has 0 aliphatic rings. The van der Waals surface area contributed by atoms with Crippen LogP contribution < -0.4 is 4.74 Å². The van der Waals surface area contributed by atoms with Crippen LogP contribution in [0.15, 0.2) is 23.8 Å². The van der Waals surface area contributed by atoms with Crippen LogP contribution >= 0.6 is 0 Å². The molecule has 0 unspecified atom stereocenters. The Balaban J connectivity index is 2.73. The Bertz CT molecular complexity index is 493. The summed E-state index contributed by atoms with van der Waals surface area (Å²) >= 11 is 0. The number of unbranched alkanes of at least 4 members (excludes halogenated alkanes) is 3. The number of ether oxygens (including phenoxy) is 1. The number of benzene rings is 1. The maximum atomic E-state index is 11.3. The predicted molar refractivity (Wildman–Crippen MR) is 80.4 cm³/mol. The van der Waals surface area contributed by atoms with Gasteiger partial charge in [0.15, 0.2) is 11.5 Å². The van der Waals surface area contributed by atoms with Crippen molar-refractivity contribution < 1.29 is 24.9 Å². The van der Waals surface area contributed by atoms with E-state index in [0.717, 1.165) is 25.7 Å². The molecule has 0 atom stereocenters. The van der Waals surface area contributed by atoms with Crippen LogP contribution in [-0.2, 0) is 4.79 Å². The molecular weight excluding hydrogens is 272 g/mol. The Labute approximate surface area is 124 Å². The van der Waals surface area contributed by atoms with E-state index in [-0.39, 0.29) is 12.4 Å². The van der Waals surface area contributed by atoms with Crippen LogP contribution in [0.5, 0.6) is 11.5 Å². The van der Waals surface area contributed by atoms with E-state index >= 15 is 0 Å². The van der Waals surface area contributed by atoms with Crippen LogP contribution in [0.3, 0.4) is 0 Å². The molecule has 3 N–H and O–H groups in total. The van der Waals surface area contributed by atoms with Crippen molar-refractivity contribution in [3.8, 4) is 11.5 Å². The van der Waals surface area contributed by atoms with E-state index in [1.807, 2.05) is 0 Å². The minimum absolute atomic E-state index is 0.0236. The number of aliphatic hydroxyl groups excluding tert-OH is 1. The third-order valence-electron chi connectivity index (χ3n) is 3.17. The summed E-state index contributed by atoms with van der Waals surface area (Å²) < 4.78 is 5.00. The first-order valence-corrected chi connectivity index (χ1v) is 7.00. The van der Waals surface area contributed by atoms with Gasteiger partial charge in [0.1, 0.15) is 0 Å². The van der Waals surface area contributed by atoms with E-state index in [1.54, 1.807) is 18.2 Å². The second-order valence-corrected chi connectivity index (χ2v) is 4.79. The highest BCUT2D eigenvalue weighted by Crippen LogP contribution is 2.27. The molecule has 5 nitrogen and oxygen atoms in total. The molecule has 0 aliphatic carbocycles. The van der Waals surface area contributed by atoms with Crippen molar-refractivity contribution in [2.45, 2.75) is 32.1 Å². The van der Waals surface area contributed by atoms with Crippen LogP contribution in [0.2, 0.25) is 0 Å². The standard InChI is InChI=1S/C16H22O5/c1-21-15-11-12(7-8-14(15)18)10-13(16(19)20)6-4-2-3-5-9-17/h7-8,10-11,17-18H,2-6,9H2,1H3,(H,19,20). The highest BCUT2D eigenvalue weighted by atomic mass is 16.5. The third-order valence-corrected chi connectivity index (χ3v) is 3.17. The van der Waals surface area contributed by atoms with E-state index in [9.17, 15) is 15.0 Å². The van der Waals surface area contributed by atoms with E-state index in [1.165, 1.54) is 13.2 Å². The van der Waals surface area contributed by atoms with Crippen LogP contribution in [0.1, 0.15) is 37.7 Å². The lowest BCUT2D eigenvalue weighted by Crippen LogP contribution is -2.00. The van der Waals surface area contributed by atoms with Gasteiger partial charge in [0.2, 0.25) is 0 Å². The monoisotopic (exact) mass is 294 g/mol. The van der Waals surface area contributed by atoms with Crippen molar-refractivity contribution in [2.75, 3.05) is 13.7 Å². The number of phenols is 1. The van der Waals surface area contributed by atoms with Gasteiger partial charge in [-0.2, -0.15) is 0 Å². The van der Waals surface area contributed by atoms with Crippen LogP contribution in [0, 0.1) is 0 Å². The first-order valence-electron chi connectivity index (χ1n) is 7.00. The molecule has 21 heavy (non-hydrogen) atoms. The fourth-order valence-electron chi connectivity index (χ4n) is 2.01. The lowest BCUT2D eigenvalue weighted by atomic mass is 10.0. The van der Waals surface area contributed by atoms with Gasteiger partial charge in [0.25, 0.3) is 0 Å². The van der Waals surface area contributed by atoms with Gasteiger partial charge in [-0.05, 0) is 43.0 Å². The first kappa shape index (κ1) is 17.0. The van der Waals surface area contributed by atoms with E-state index < -0.39 is 5.97 Å². The number of carbonyl (C=O) groups is 1. The van der Waals surface area contributed by atoms with Crippen molar-refractivity contribution >= 4 is 12.0 Å². The second-order valence-electron chi connectivity index (χ2n) is 4.79. The van der Waals surface area contributed by atoms with Crippen LogP contribution in [0.25, 0.3) is 6.08 Å². The molecule has 5 heteroatoms. The summed E-state index contributed by atoms with van der Waals surface area (Å²) in [6, 6.07) is 4.72. The number of aliphatic hydroxyl groups is 1. The molecule has 0 bridgehead atoms. The van der Waals surface area contributed by atoms with Crippen molar-refractivity contribution in [3.05, 3.63) is 29.3 Å². The lowest BCUT2D eigenvalue weighted by Gasteiger charge is -2.06. The summed E-state index contributed by atoms with van der Waals surface area (Å²) in [6.07, 6.45) is 5.38. The molecule has 0 amide bonds. The zero-order valence-corrected chi connectivity index (χ0v) is 12.2. The number of carboxylic acids is 1. The highest BCUT2D eigenvalue weighted by molar-refractivity contribution is 5.92. The molecular formula is C16H22O5. The number of methoxy groups -OCH3 is 1. The van der Waals surface area contributed by atoms with Crippen molar-refractivity contribution in [2.24, 2.45) is 0 Å². The third kappa shape index (κ3) is 5.87. The summed E-state index contributed by atoms with van der Waals surface area (Å²) in [5.41, 5.74) is 1.00. The van der Waals surface area contributed by atoms with E-state index in [0.29, 0.717) is 23.3 Å². The Morgan fingerprint density at radius 1 is 1.24 bits per heavy atom. The molecule has 0 radical (unpaired) electrons. The number of aliphatic carboxylic acids is 1. The molecule has 1 aromatic rings. The van der Waals surface area contributed by atoms with E-state index in [4.69, 9.17) is 9.84 Å². The van der Waals surface area contributed by atoms with Gasteiger partial charge in [0, 0.05) is 12.2 Å². The second kappa shape index (κ2) is 9.02. The topological polar surface area (TPSA) is 87.0 Å². The summed E-state index contributed by atoms with van der Waals surface area (Å²) in [4.78, 5) is 11.3. The van der Waals surface area contributed by atoms with Gasteiger partial charge in [0.05, 0.1) is 7.11 Å². The van der Waals surface area contributed by atoms with Crippen LogP contribution in [0.4, 0.5) is 0 Å². The SMILES string of the molecule is COc1cc(C=C(CCCCCCO)C(=O)O)ccc1O. The number of hydrogen-bond acceptors (Lipinski definition) is 4. The molecule has 0 aliphatic heterocycles. The van der Waals surface area contributed by atoms with Gasteiger partial charge in [-0.1, -0.05) is 18.9 Å². The summed E-state index contributed by atoms with van der Waals surface area (Å²) in [5.74, 6) is -0.601. The molecule has 0 heterocycles. The molecule has 0 fully saturated rings. The molecule has 0 spiro atoms. The van der Waals surface area contributed by atoms with Crippen molar-refractivity contribution in [1.29, 1.82) is 0 Å². The number of carboxylic acid groups (broad SMARTS) is 1. The van der Waals surface area contributed by atoms with Gasteiger partial charge in [-0.15, -0.1) is 0 Å². The minimum atomic E-state index is -0.941. The van der Waals surface area contributed by atoms with Gasteiger partial charge >= 0.3 is 5.97 Å². The number of phenolic OH excluding ortho intramolecular Hbond substituents is 1. The Kier molecular flexibility index (Phi) is 7.32. The Hall–Kier alpha value is -2.01. The molecule has 1 aromatic carbocycles. The molecule has 116 valence electrons. The quantitative estimate of drug-likeness (QED) is 0.481. The average Bonchev–Trinajstić information content (AvgIpc) is 2.47. The van der Waals surface area contributed by atoms with Gasteiger partial charge < -0.3 is 20.1 Å². The molecule has 0 saturated heterocycles. The summed E-state index contributed by atoms with van der Waals surface area (Å²) in [6.45, 7) is 0.176.